The maximum Gasteiger partial charge on any atom is 0.270 e. The van der Waals surface area contributed by atoms with Gasteiger partial charge in [0.25, 0.3) is 5.91 Å². The molecule has 256 valence electrons. The number of carbonyl (C=O) groups excluding carboxylic acids is 4. The van der Waals surface area contributed by atoms with Crippen molar-refractivity contribution in [3.63, 3.8) is 0 Å². The van der Waals surface area contributed by atoms with Gasteiger partial charge >= 0.3 is 0 Å². The van der Waals surface area contributed by atoms with Crippen molar-refractivity contribution in [2.24, 2.45) is 17.8 Å². The molecule has 1 aromatic carbocycles. The van der Waals surface area contributed by atoms with Gasteiger partial charge in [-0.15, -0.1) is 0 Å². The van der Waals surface area contributed by atoms with Crippen molar-refractivity contribution >= 4 is 29.3 Å². The molecule has 0 bridgehead atoms. The number of nitrogens with one attached hydrogen (secondary N) is 3. The number of amides is 4. The predicted molar refractivity (Wildman–Crippen MR) is 174 cm³/mol. The molecule has 2 saturated carbocycles. The topological polar surface area (TPSA) is 138 Å². The van der Waals surface area contributed by atoms with Gasteiger partial charge < -0.3 is 30.5 Å². The van der Waals surface area contributed by atoms with E-state index in [4.69, 9.17) is 4.74 Å². The zero-order chi connectivity index (χ0) is 33.8. The molecule has 3 fully saturated rings. The summed E-state index contributed by atoms with van der Waals surface area (Å²) in [6.07, 6.45) is 5.56. The number of benzene rings is 1. The fourth-order valence-corrected chi connectivity index (χ4v) is 6.73. The fourth-order valence-electron chi connectivity index (χ4n) is 6.73. The highest BCUT2D eigenvalue weighted by Crippen LogP contribution is 2.51. The standard InChI is InChI=1S/C34H48FN7O5/c1-6-42-27(13-14-36-42)32(44)39-31(29(22-7-8-22)23-9-10-23)33(45)37-26-12-11-24(17-25(26)35)21(3)30(38-28(43)19-47-5)34(46)41-16-15-40(4)20(2)18-41/h11-14,17,20-23,29-31H,6-10,15-16,18-19H2,1-5H3,(H,37,45)(H,38,43)(H,39,44). The van der Waals surface area contributed by atoms with Gasteiger partial charge in [-0.05, 0) is 88.1 Å². The minimum atomic E-state index is -0.943. The number of piperazine rings is 1. The molecule has 1 aliphatic heterocycles. The summed E-state index contributed by atoms with van der Waals surface area (Å²) in [7, 11) is 3.41. The number of likely N-dealkylation sites (N-methyl/N-ethyl adjacent to an activating group) is 1. The molecule has 2 heterocycles. The highest BCUT2D eigenvalue weighted by molar-refractivity contribution is 6.01. The van der Waals surface area contributed by atoms with E-state index in [9.17, 15) is 19.2 Å². The molecule has 2 aliphatic carbocycles. The molecule has 47 heavy (non-hydrogen) atoms. The van der Waals surface area contributed by atoms with Gasteiger partial charge in [-0.2, -0.15) is 5.10 Å². The normalized spacial score (nSPS) is 20.4. The van der Waals surface area contributed by atoms with E-state index in [0.717, 1.165) is 25.7 Å². The maximum absolute atomic E-state index is 15.7. The molecule has 3 aliphatic rings. The molecule has 4 amide bonds. The van der Waals surface area contributed by atoms with Crippen LogP contribution in [0.25, 0.3) is 0 Å². The summed E-state index contributed by atoms with van der Waals surface area (Å²) in [5, 5.41) is 12.7. The summed E-state index contributed by atoms with van der Waals surface area (Å²) in [5.41, 5.74) is 0.839. The summed E-state index contributed by atoms with van der Waals surface area (Å²) in [6, 6.07) is 4.43. The highest BCUT2D eigenvalue weighted by atomic mass is 19.1. The molecule has 13 heteroatoms. The highest BCUT2D eigenvalue weighted by Gasteiger charge is 2.48. The number of aryl methyl sites for hydroxylation is 1. The summed E-state index contributed by atoms with van der Waals surface area (Å²) in [4.78, 5) is 57.4. The van der Waals surface area contributed by atoms with Crippen LogP contribution >= 0.6 is 0 Å². The molecule has 1 saturated heterocycles. The van der Waals surface area contributed by atoms with E-state index in [1.165, 1.54) is 19.2 Å². The third kappa shape index (κ3) is 8.18. The molecule has 2 aromatic rings. The van der Waals surface area contributed by atoms with Crippen molar-refractivity contribution in [2.45, 2.75) is 77.0 Å². The fraction of sp³-hybridized carbons (Fsp3) is 0.618. The van der Waals surface area contributed by atoms with Crippen LogP contribution in [0.15, 0.2) is 30.5 Å². The lowest BCUT2D eigenvalue weighted by molar-refractivity contribution is -0.140. The van der Waals surface area contributed by atoms with E-state index in [1.807, 2.05) is 20.9 Å². The van der Waals surface area contributed by atoms with Crippen LogP contribution in [-0.2, 0) is 25.7 Å². The first kappa shape index (κ1) is 34.5. The summed E-state index contributed by atoms with van der Waals surface area (Å²) in [5.74, 6) is -2.14. The number of halogens is 1. The first-order valence-electron chi connectivity index (χ1n) is 16.7. The van der Waals surface area contributed by atoms with E-state index < -0.39 is 35.6 Å². The number of methoxy groups -OCH3 is 1. The molecule has 12 nitrogen and oxygen atoms in total. The summed E-state index contributed by atoms with van der Waals surface area (Å²) < 4.78 is 22.3. The number of hydrogen-bond donors (Lipinski definition) is 3. The third-order valence-corrected chi connectivity index (χ3v) is 9.94. The Labute approximate surface area is 275 Å². The van der Waals surface area contributed by atoms with Crippen molar-refractivity contribution in [2.75, 3.05) is 45.7 Å². The van der Waals surface area contributed by atoms with Crippen LogP contribution in [-0.4, -0.2) is 102 Å². The zero-order valence-electron chi connectivity index (χ0n) is 28.0. The van der Waals surface area contributed by atoms with Crippen LogP contribution < -0.4 is 16.0 Å². The van der Waals surface area contributed by atoms with E-state index in [0.29, 0.717) is 49.3 Å². The summed E-state index contributed by atoms with van der Waals surface area (Å²) >= 11 is 0. The molecular formula is C34H48FN7O5. The SMILES string of the molecule is CCn1nccc1C(=O)NC(C(=O)Nc1ccc(C(C)C(NC(=O)COC)C(=O)N2CCN(C)C(C)C2)cc1F)C(C1CC1)C1CC1. The van der Waals surface area contributed by atoms with E-state index in [2.05, 4.69) is 25.9 Å². The smallest absolute Gasteiger partial charge is 0.270 e. The van der Waals surface area contributed by atoms with Crippen LogP contribution in [0.4, 0.5) is 10.1 Å². The molecule has 5 rings (SSSR count). The quantitative estimate of drug-likeness (QED) is 0.285. The average Bonchev–Trinajstić information content (AvgIpc) is 4.00. The number of aromatic nitrogens is 2. The zero-order valence-corrected chi connectivity index (χ0v) is 28.0. The number of ether oxygens (including phenoxy) is 1. The van der Waals surface area contributed by atoms with Crippen LogP contribution in [0.1, 0.15) is 68.4 Å². The van der Waals surface area contributed by atoms with Crippen LogP contribution in [0.3, 0.4) is 0 Å². The Morgan fingerprint density at radius 3 is 2.34 bits per heavy atom. The largest absolute Gasteiger partial charge is 0.375 e. The first-order chi connectivity index (χ1) is 22.5. The van der Waals surface area contributed by atoms with Crippen molar-refractivity contribution < 1.29 is 28.3 Å². The average molecular weight is 654 g/mol. The Morgan fingerprint density at radius 1 is 1.04 bits per heavy atom. The lowest BCUT2D eigenvalue weighted by Crippen LogP contribution is -2.58. The monoisotopic (exact) mass is 653 g/mol. The van der Waals surface area contributed by atoms with Crippen molar-refractivity contribution in [1.29, 1.82) is 0 Å². The van der Waals surface area contributed by atoms with Crippen LogP contribution in [0.5, 0.6) is 0 Å². The van der Waals surface area contributed by atoms with Crippen LogP contribution in [0, 0.1) is 23.6 Å². The van der Waals surface area contributed by atoms with Crippen molar-refractivity contribution in [1.82, 2.24) is 30.2 Å². The molecule has 0 spiro atoms. The number of rotatable bonds is 14. The van der Waals surface area contributed by atoms with Gasteiger partial charge in [0, 0.05) is 51.4 Å². The Bertz CT molecular complexity index is 1450. The van der Waals surface area contributed by atoms with Gasteiger partial charge in [-0.25, -0.2) is 4.39 Å². The molecule has 4 atom stereocenters. The minimum Gasteiger partial charge on any atom is -0.375 e. The van der Waals surface area contributed by atoms with Crippen LogP contribution in [0.2, 0.25) is 0 Å². The van der Waals surface area contributed by atoms with Gasteiger partial charge in [0.15, 0.2) is 0 Å². The lowest BCUT2D eigenvalue weighted by atomic mass is 9.88. The number of nitrogens with zero attached hydrogens (tertiary/aromatic N) is 4. The molecule has 4 unspecified atom stereocenters. The van der Waals surface area contributed by atoms with Crippen molar-refractivity contribution in [3.8, 4) is 0 Å². The Balaban J connectivity index is 1.34. The number of carbonyl (C=O) groups is 4. The van der Waals surface area contributed by atoms with Gasteiger partial charge in [0.1, 0.15) is 30.2 Å². The Hall–Kier alpha value is -3.84. The minimum absolute atomic E-state index is 0.0201. The Kier molecular flexibility index (Phi) is 11.0. The van der Waals surface area contributed by atoms with E-state index in [1.54, 1.807) is 34.8 Å². The maximum atomic E-state index is 15.7. The lowest BCUT2D eigenvalue weighted by Gasteiger charge is -2.40. The van der Waals surface area contributed by atoms with E-state index in [-0.39, 0.29) is 36.1 Å². The number of hydrogen-bond acceptors (Lipinski definition) is 7. The van der Waals surface area contributed by atoms with E-state index >= 15 is 4.39 Å². The second kappa shape index (κ2) is 14.9. The first-order valence-corrected chi connectivity index (χ1v) is 16.7. The Morgan fingerprint density at radius 2 is 1.74 bits per heavy atom. The van der Waals surface area contributed by atoms with Crippen molar-refractivity contribution in [3.05, 3.63) is 47.5 Å². The summed E-state index contributed by atoms with van der Waals surface area (Å²) in [6.45, 7) is 7.72. The van der Waals surface area contributed by atoms with Gasteiger partial charge in [0.2, 0.25) is 17.7 Å². The number of anilines is 1. The molecular weight excluding hydrogens is 605 g/mol. The third-order valence-electron chi connectivity index (χ3n) is 9.94. The predicted octanol–water partition coefficient (Wildman–Crippen LogP) is 2.61. The molecule has 1 aromatic heterocycles. The second-order valence-corrected chi connectivity index (χ2v) is 13.3. The van der Waals surface area contributed by atoms with Gasteiger partial charge in [0.05, 0.1) is 5.69 Å². The van der Waals surface area contributed by atoms with Gasteiger partial charge in [-0.3, -0.25) is 23.9 Å². The second-order valence-electron chi connectivity index (χ2n) is 13.3. The molecule has 3 N–H and O–H groups in total. The van der Waals surface area contributed by atoms with Gasteiger partial charge in [-0.1, -0.05) is 13.0 Å². The molecule has 0 radical (unpaired) electrons.